The Hall–Kier alpha value is -0.340. The molecule has 0 spiro atoms. The minimum absolute atomic E-state index is 0.0163. The smallest absolute Gasteiger partial charge is 0.162 e. The van der Waals surface area contributed by atoms with Crippen LogP contribution in [0.5, 0.6) is 0 Å². The van der Waals surface area contributed by atoms with Crippen molar-refractivity contribution in [2.24, 2.45) is 5.41 Å². The van der Waals surface area contributed by atoms with Crippen molar-refractivity contribution in [2.75, 3.05) is 13.2 Å². The third-order valence-corrected chi connectivity index (χ3v) is 2.25. The first kappa shape index (κ1) is 9.75. The fraction of sp³-hybridized carbons (Fsp3) is 0.800. The van der Waals surface area contributed by atoms with Gasteiger partial charge in [0.05, 0.1) is 13.2 Å². The van der Waals surface area contributed by atoms with Crippen LogP contribution in [0.1, 0.15) is 26.7 Å². The van der Waals surface area contributed by atoms with Crippen molar-refractivity contribution in [3.8, 4) is 0 Å². The van der Waals surface area contributed by atoms with Crippen LogP contribution in [0.3, 0.4) is 0 Å². The summed E-state index contributed by atoms with van der Waals surface area (Å²) in [4.78, 5) is 0. The van der Waals surface area contributed by atoms with Gasteiger partial charge in [-0.15, -0.1) is 6.58 Å². The summed E-state index contributed by atoms with van der Waals surface area (Å²) in [6, 6.07) is 0. The maximum Gasteiger partial charge on any atom is 0.162 e. The maximum absolute atomic E-state index is 5.46. The van der Waals surface area contributed by atoms with Crippen LogP contribution >= 0.6 is 0 Å². The molecular formula is C10H18O2. The molecule has 0 aromatic heterocycles. The second-order valence-electron chi connectivity index (χ2n) is 3.89. The molecule has 0 unspecified atom stereocenters. The van der Waals surface area contributed by atoms with E-state index < -0.39 is 0 Å². The first-order valence-corrected chi connectivity index (χ1v) is 4.51. The molecule has 0 radical (unpaired) electrons. The van der Waals surface area contributed by atoms with E-state index in [1.807, 2.05) is 6.08 Å². The minimum Gasteiger partial charge on any atom is -0.350 e. The summed E-state index contributed by atoms with van der Waals surface area (Å²) in [5, 5.41) is 0. The van der Waals surface area contributed by atoms with E-state index in [4.69, 9.17) is 9.47 Å². The molecule has 0 atom stereocenters. The third kappa shape index (κ3) is 2.32. The molecule has 0 bridgehead atoms. The van der Waals surface area contributed by atoms with Crippen molar-refractivity contribution in [3.05, 3.63) is 12.7 Å². The molecule has 1 saturated heterocycles. The minimum atomic E-state index is -0.0163. The van der Waals surface area contributed by atoms with Gasteiger partial charge in [-0.05, 0) is 12.8 Å². The molecule has 2 nitrogen and oxygen atoms in total. The fourth-order valence-corrected chi connectivity index (χ4v) is 1.40. The summed E-state index contributed by atoms with van der Waals surface area (Å²) in [5.41, 5.74) is 0.116. The summed E-state index contributed by atoms with van der Waals surface area (Å²) < 4.78 is 10.9. The Bertz CT molecular complexity index is 146. The highest BCUT2D eigenvalue weighted by Crippen LogP contribution is 2.31. The first-order chi connectivity index (χ1) is 5.67. The van der Waals surface area contributed by atoms with E-state index in [0.717, 1.165) is 26.1 Å². The Morgan fingerprint density at radius 2 is 2.00 bits per heavy atom. The predicted molar refractivity (Wildman–Crippen MR) is 48.9 cm³/mol. The highest BCUT2D eigenvalue weighted by atomic mass is 16.7. The third-order valence-electron chi connectivity index (χ3n) is 2.25. The van der Waals surface area contributed by atoms with Crippen molar-refractivity contribution in [1.29, 1.82) is 0 Å². The maximum atomic E-state index is 5.46. The number of ether oxygens (including phenoxy) is 2. The van der Waals surface area contributed by atoms with Gasteiger partial charge >= 0.3 is 0 Å². The van der Waals surface area contributed by atoms with Crippen LogP contribution in [-0.4, -0.2) is 19.5 Å². The van der Waals surface area contributed by atoms with Gasteiger partial charge in [0.15, 0.2) is 6.29 Å². The lowest BCUT2D eigenvalue weighted by Crippen LogP contribution is -2.29. The normalized spacial score (nSPS) is 19.8. The predicted octanol–water partition coefficient (Wildman–Crippen LogP) is 2.35. The molecule has 0 aromatic carbocycles. The number of hydrogen-bond donors (Lipinski definition) is 0. The summed E-state index contributed by atoms with van der Waals surface area (Å²) >= 11 is 0. The number of hydrogen-bond acceptors (Lipinski definition) is 2. The van der Waals surface area contributed by atoms with Gasteiger partial charge in [0, 0.05) is 5.41 Å². The van der Waals surface area contributed by atoms with Crippen molar-refractivity contribution in [3.63, 3.8) is 0 Å². The first-order valence-electron chi connectivity index (χ1n) is 4.51. The van der Waals surface area contributed by atoms with E-state index in [2.05, 4.69) is 20.4 Å². The summed E-state index contributed by atoms with van der Waals surface area (Å²) in [6.07, 6.45) is 4.02. The molecule has 1 aliphatic rings. The second kappa shape index (κ2) is 4.06. The van der Waals surface area contributed by atoms with Gasteiger partial charge in [-0.1, -0.05) is 19.9 Å². The molecule has 0 aliphatic carbocycles. The van der Waals surface area contributed by atoms with Gasteiger partial charge < -0.3 is 9.47 Å². The zero-order valence-electron chi connectivity index (χ0n) is 8.01. The Balaban J connectivity index is 2.39. The molecule has 1 rings (SSSR count). The summed E-state index contributed by atoms with van der Waals surface area (Å²) in [6.45, 7) is 9.53. The van der Waals surface area contributed by atoms with Gasteiger partial charge in [0.2, 0.25) is 0 Å². The topological polar surface area (TPSA) is 18.5 Å². The van der Waals surface area contributed by atoms with Gasteiger partial charge in [-0.25, -0.2) is 0 Å². The van der Waals surface area contributed by atoms with Gasteiger partial charge in [0.1, 0.15) is 0 Å². The lowest BCUT2D eigenvalue weighted by molar-refractivity contribution is -0.121. The van der Waals surface area contributed by atoms with Gasteiger partial charge in [-0.2, -0.15) is 0 Å². The molecule has 70 valence electrons. The van der Waals surface area contributed by atoms with Crippen LogP contribution in [-0.2, 0) is 9.47 Å². The van der Waals surface area contributed by atoms with E-state index in [9.17, 15) is 0 Å². The molecule has 1 fully saturated rings. The summed E-state index contributed by atoms with van der Waals surface area (Å²) in [7, 11) is 0. The zero-order chi connectivity index (χ0) is 9.03. The molecule has 0 amide bonds. The molecule has 0 N–H and O–H groups in total. The average Bonchev–Trinajstić information content (AvgIpc) is 2.53. The quantitative estimate of drug-likeness (QED) is 0.603. The van der Waals surface area contributed by atoms with Gasteiger partial charge in [0.25, 0.3) is 0 Å². The highest BCUT2D eigenvalue weighted by Gasteiger charge is 2.33. The monoisotopic (exact) mass is 170 g/mol. The van der Waals surface area contributed by atoms with Crippen molar-refractivity contribution >= 4 is 0 Å². The SMILES string of the molecule is C=CCCC(C)(C)C1OCCO1. The zero-order valence-corrected chi connectivity index (χ0v) is 8.01. The standard InChI is InChI=1S/C10H18O2/c1-4-5-6-10(2,3)9-11-7-8-12-9/h4,9H,1,5-8H2,2-3H3. The van der Waals surface area contributed by atoms with Crippen molar-refractivity contribution in [2.45, 2.75) is 33.0 Å². The molecule has 12 heavy (non-hydrogen) atoms. The van der Waals surface area contributed by atoms with Crippen LogP contribution in [0.4, 0.5) is 0 Å². The Labute approximate surface area is 74.6 Å². The fourth-order valence-electron chi connectivity index (χ4n) is 1.40. The van der Waals surface area contributed by atoms with E-state index in [-0.39, 0.29) is 11.7 Å². The van der Waals surface area contributed by atoms with Crippen LogP contribution in [0.2, 0.25) is 0 Å². The average molecular weight is 170 g/mol. The molecule has 0 aromatic rings. The Kier molecular flexibility index (Phi) is 3.29. The Morgan fingerprint density at radius 1 is 1.42 bits per heavy atom. The second-order valence-corrected chi connectivity index (χ2v) is 3.89. The molecular weight excluding hydrogens is 152 g/mol. The van der Waals surface area contributed by atoms with Crippen LogP contribution < -0.4 is 0 Å². The van der Waals surface area contributed by atoms with Crippen LogP contribution in [0.25, 0.3) is 0 Å². The van der Waals surface area contributed by atoms with E-state index in [1.165, 1.54) is 0 Å². The number of rotatable bonds is 4. The van der Waals surface area contributed by atoms with Crippen molar-refractivity contribution < 1.29 is 9.47 Å². The summed E-state index contributed by atoms with van der Waals surface area (Å²) in [5.74, 6) is 0. The highest BCUT2D eigenvalue weighted by molar-refractivity contribution is 4.79. The largest absolute Gasteiger partial charge is 0.350 e. The Morgan fingerprint density at radius 3 is 2.50 bits per heavy atom. The lowest BCUT2D eigenvalue weighted by Gasteiger charge is -2.29. The molecule has 1 heterocycles. The lowest BCUT2D eigenvalue weighted by atomic mass is 9.87. The molecule has 2 heteroatoms. The van der Waals surface area contributed by atoms with Crippen LogP contribution in [0, 0.1) is 5.41 Å². The van der Waals surface area contributed by atoms with E-state index in [0.29, 0.717) is 0 Å². The molecule has 1 aliphatic heterocycles. The number of allylic oxidation sites excluding steroid dienone is 1. The van der Waals surface area contributed by atoms with Crippen LogP contribution in [0.15, 0.2) is 12.7 Å². The van der Waals surface area contributed by atoms with Crippen molar-refractivity contribution in [1.82, 2.24) is 0 Å². The van der Waals surface area contributed by atoms with Gasteiger partial charge in [-0.3, -0.25) is 0 Å². The van der Waals surface area contributed by atoms with E-state index >= 15 is 0 Å². The molecule has 0 saturated carbocycles. The van der Waals surface area contributed by atoms with E-state index in [1.54, 1.807) is 0 Å².